The van der Waals surface area contributed by atoms with Crippen LogP contribution >= 0.6 is 11.3 Å². The van der Waals surface area contributed by atoms with Crippen LogP contribution in [-0.4, -0.2) is 67.3 Å². The summed E-state index contributed by atoms with van der Waals surface area (Å²) in [5, 5.41) is 15.5. The largest absolute Gasteiger partial charge is 0.390 e. The van der Waals surface area contributed by atoms with E-state index in [9.17, 15) is 5.11 Å². The molecule has 0 aromatic carbocycles. The highest BCUT2D eigenvalue weighted by Crippen LogP contribution is 2.11. The van der Waals surface area contributed by atoms with Crippen molar-refractivity contribution in [1.82, 2.24) is 15.1 Å². The monoisotopic (exact) mass is 269 g/mol. The normalized spacial score (nSPS) is 19.3. The van der Waals surface area contributed by atoms with Crippen molar-refractivity contribution in [3.63, 3.8) is 0 Å². The van der Waals surface area contributed by atoms with Gasteiger partial charge in [-0.3, -0.25) is 9.80 Å². The first-order valence-electron chi connectivity index (χ1n) is 6.56. The molecule has 2 heterocycles. The number of aliphatic hydroxyl groups is 1. The molecule has 1 unspecified atom stereocenters. The molecular formula is C13H23N3OS. The molecule has 1 saturated heterocycles. The fourth-order valence-electron chi connectivity index (χ4n) is 2.34. The van der Waals surface area contributed by atoms with Crippen LogP contribution < -0.4 is 5.32 Å². The summed E-state index contributed by atoms with van der Waals surface area (Å²) in [5.74, 6) is 0. The van der Waals surface area contributed by atoms with Crippen LogP contribution in [0.2, 0.25) is 0 Å². The Bertz CT molecular complexity index is 325. The Balaban J connectivity index is 1.67. The summed E-state index contributed by atoms with van der Waals surface area (Å²) in [5.41, 5.74) is 0. The van der Waals surface area contributed by atoms with Gasteiger partial charge in [0.25, 0.3) is 0 Å². The number of nitrogens with zero attached hydrogens (tertiary/aromatic N) is 2. The van der Waals surface area contributed by atoms with E-state index >= 15 is 0 Å². The van der Waals surface area contributed by atoms with Gasteiger partial charge in [-0.1, -0.05) is 6.07 Å². The van der Waals surface area contributed by atoms with Crippen molar-refractivity contribution < 1.29 is 5.11 Å². The molecule has 18 heavy (non-hydrogen) atoms. The Hall–Kier alpha value is -0.460. The molecule has 0 spiro atoms. The predicted octanol–water partition coefficient (Wildman–Crippen LogP) is 0.446. The van der Waals surface area contributed by atoms with Crippen molar-refractivity contribution in [3.8, 4) is 0 Å². The third-order valence-electron chi connectivity index (χ3n) is 3.21. The first-order valence-corrected chi connectivity index (χ1v) is 7.44. The Morgan fingerprint density at radius 3 is 2.94 bits per heavy atom. The van der Waals surface area contributed by atoms with Crippen molar-refractivity contribution in [2.24, 2.45) is 0 Å². The highest BCUT2D eigenvalue weighted by atomic mass is 32.1. The lowest BCUT2D eigenvalue weighted by atomic mass is 10.2. The maximum Gasteiger partial charge on any atom is 0.0793 e. The fraction of sp³-hybridized carbons (Fsp3) is 0.692. The molecule has 4 nitrogen and oxygen atoms in total. The number of likely N-dealkylation sites (N-methyl/N-ethyl adjacent to an activating group) is 1. The maximum atomic E-state index is 10.1. The van der Waals surface area contributed by atoms with Crippen molar-refractivity contribution in [3.05, 3.63) is 22.4 Å². The lowest BCUT2D eigenvalue weighted by molar-refractivity contribution is 0.0754. The van der Waals surface area contributed by atoms with Crippen LogP contribution in [-0.2, 0) is 6.54 Å². The van der Waals surface area contributed by atoms with Crippen molar-refractivity contribution in [1.29, 1.82) is 0 Å². The Labute approximate surface area is 113 Å². The quantitative estimate of drug-likeness (QED) is 0.786. The summed E-state index contributed by atoms with van der Waals surface area (Å²) in [7, 11) is 2.07. The van der Waals surface area contributed by atoms with Crippen LogP contribution in [0.3, 0.4) is 0 Å². The predicted molar refractivity (Wildman–Crippen MR) is 76.0 cm³/mol. The van der Waals surface area contributed by atoms with E-state index < -0.39 is 0 Å². The van der Waals surface area contributed by atoms with Crippen LogP contribution in [0.4, 0.5) is 0 Å². The minimum Gasteiger partial charge on any atom is -0.390 e. The summed E-state index contributed by atoms with van der Waals surface area (Å²) in [6, 6.07) is 4.22. The van der Waals surface area contributed by atoms with Gasteiger partial charge < -0.3 is 10.4 Å². The van der Waals surface area contributed by atoms with Gasteiger partial charge in [-0.2, -0.15) is 0 Å². The molecule has 1 aliphatic heterocycles. The van der Waals surface area contributed by atoms with E-state index in [1.807, 2.05) is 0 Å². The molecule has 5 heteroatoms. The van der Waals surface area contributed by atoms with E-state index in [0.29, 0.717) is 0 Å². The molecule has 0 amide bonds. The first kappa shape index (κ1) is 14.0. The molecule has 0 radical (unpaired) electrons. The Morgan fingerprint density at radius 1 is 1.50 bits per heavy atom. The molecule has 1 aromatic heterocycles. The number of rotatable bonds is 6. The second-order valence-corrected chi connectivity index (χ2v) is 6.01. The molecule has 1 atom stereocenters. The molecule has 2 rings (SSSR count). The molecule has 0 aliphatic carbocycles. The SMILES string of the molecule is CN(Cc1cccs1)CC(O)CN1CCNCC1. The Morgan fingerprint density at radius 2 is 2.28 bits per heavy atom. The van der Waals surface area contributed by atoms with Crippen LogP contribution in [0.5, 0.6) is 0 Å². The third-order valence-corrected chi connectivity index (χ3v) is 4.07. The van der Waals surface area contributed by atoms with Crippen molar-refractivity contribution in [2.45, 2.75) is 12.6 Å². The van der Waals surface area contributed by atoms with Gasteiger partial charge in [-0.05, 0) is 18.5 Å². The second-order valence-electron chi connectivity index (χ2n) is 4.98. The average molecular weight is 269 g/mol. The number of hydrogen-bond acceptors (Lipinski definition) is 5. The average Bonchev–Trinajstić information content (AvgIpc) is 2.82. The van der Waals surface area contributed by atoms with Gasteiger partial charge >= 0.3 is 0 Å². The zero-order chi connectivity index (χ0) is 12.8. The number of thiophene rings is 1. The van der Waals surface area contributed by atoms with Gasteiger partial charge in [0.2, 0.25) is 0 Å². The Kier molecular flexibility index (Phi) is 5.59. The standard InChI is InChI=1S/C13H23N3OS/c1-15(11-13-3-2-8-18-13)9-12(17)10-16-6-4-14-5-7-16/h2-3,8,12,14,17H,4-7,9-11H2,1H3. The molecule has 0 saturated carbocycles. The van der Waals surface area contributed by atoms with Crippen LogP contribution in [0.25, 0.3) is 0 Å². The topological polar surface area (TPSA) is 38.7 Å². The third kappa shape index (κ3) is 4.66. The lowest BCUT2D eigenvalue weighted by Crippen LogP contribution is -2.47. The second kappa shape index (κ2) is 7.21. The van der Waals surface area contributed by atoms with Crippen molar-refractivity contribution >= 4 is 11.3 Å². The van der Waals surface area contributed by atoms with Crippen LogP contribution in [0, 0.1) is 0 Å². The van der Waals surface area contributed by atoms with E-state index in [2.05, 4.69) is 39.7 Å². The molecule has 0 bridgehead atoms. The van der Waals surface area contributed by atoms with Gasteiger partial charge in [-0.15, -0.1) is 11.3 Å². The van der Waals surface area contributed by atoms with Gasteiger partial charge in [0.15, 0.2) is 0 Å². The smallest absolute Gasteiger partial charge is 0.0793 e. The van der Waals surface area contributed by atoms with Gasteiger partial charge in [0.05, 0.1) is 6.10 Å². The minimum atomic E-state index is -0.256. The number of hydrogen-bond donors (Lipinski definition) is 2. The molecule has 1 fully saturated rings. The van der Waals surface area contributed by atoms with Crippen LogP contribution in [0.15, 0.2) is 17.5 Å². The van der Waals surface area contributed by atoms with Gasteiger partial charge in [-0.25, -0.2) is 0 Å². The van der Waals surface area contributed by atoms with E-state index in [1.165, 1.54) is 4.88 Å². The molecule has 2 N–H and O–H groups in total. The zero-order valence-corrected chi connectivity index (χ0v) is 11.8. The van der Waals surface area contributed by atoms with Gasteiger partial charge in [0, 0.05) is 50.7 Å². The molecule has 1 aromatic rings. The summed E-state index contributed by atoms with van der Waals surface area (Å²) >= 11 is 1.77. The van der Waals surface area contributed by atoms with Gasteiger partial charge in [0.1, 0.15) is 0 Å². The molecule has 102 valence electrons. The van der Waals surface area contributed by atoms with E-state index in [0.717, 1.165) is 45.8 Å². The fourth-order valence-corrected chi connectivity index (χ4v) is 3.13. The first-order chi connectivity index (χ1) is 8.74. The van der Waals surface area contributed by atoms with E-state index in [1.54, 1.807) is 11.3 Å². The zero-order valence-electron chi connectivity index (χ0n) is 11.0. The van der Waals surface area contributed by atoms with E-state index in [-0.39, 0.29) is 6.10 Å². The van der Waals surface area contributed by atoms with E-state index in [4.69, 9.17) is 0 Å². The number of β-amino-alcohol motifs (C(OH)–C–C–N with tert-alkyl or cyclic N) is 1. The highest BCUT2D eigenvalue weighted by Gasteiger charge is 2.15. The summed E-state index contributed by atoms with van der Waals surface area (Å²) in [6.45, 7) is 6.63. The summed E-state index contributed by atoms with van der Waals surface area (Å²) in [4.78, 5) is 5.88. The summed E-state index contributed by atoms with van der Waals surface area (Å²) < 4.78 is 0. The molecular weight excluding hydrogens is 246 g/mol. The number of aliphatic hydroxyl groups excluding tert-OH is 1. The minimum absolute atomic E-state index is 0.256. The maximum absolute atomic E-state index is 10.1. The highest BCUT2D eigenvalue weighted by molar-refractivity contribution is 7.09. The molecule has 1 aliphatic rings. The van der Waals surface area contributed by atoms with Crippen LogP contribution in [0.1, 0.15) is 4.88 Å². The van der Waals surface area contributed by atoms with Crippen molar-refractivity contribution in [2.75, 3.05) is 46.3 Å². The summed E-state index contributed by atoms with van der Waals surface area (Å²) in [6.07, 6.45) is -0.256. The number of nitrogens with one attached hydrogen (secondary N) is 1. The lowest BCUT2D eigenvalue weighted by Gasteiger charge is -2.30. The number of piperazine rings is 1.